The van der Waals surface area contributed by atoms with Gasteiger partial charge in [0.1, 0.15) is 5.37 Å². The Bertz CT molecular complexity index is 1130. The maximum atomic E-state index is 12.9. The summed E-state index contributed by atoms with van der Waals surface area (Å²) in [7, 11) is 0. The van der Waals surface area contributed by atoms with E-state index in [1.807, 2.05) is 59.5 Å². The quantitative estimate of drug-likeness (QED) is 0.434. The molecule has 1 aliphatic rings. The first kappa shape index (κ1) is 21.7. The molecule has 3 aromatic rings. The van der Waals surface area contributed by atoms with Gasteiger partial charge in [-0.3, -0.25) is 14.5 Å². The molecule has 4 rings (SSSR count). The largest absolute Gasteiger partial charge is 0.322 e. The molecule has 1 fully saturated rings. The summed E-state index contributed by atoms with van der Waals surface area (Å²) in [5.41, 5.74) is 4.28. The van der Waals surface area contributed by atoms with Crippen LogP contribution in [0.1, 0.15) is 46.6 Å². The van der Waals surface area contributed by atoms with Crippen molar-refractivity contribution in [3.8, 4) is 0 Å². The number of carbonyl (C=O) groups excluding carboxylic acids is 2. The predicted octanol–water partition coefficient (Wildman–Crippen LogP) is 6.60. The van der Waals surface area contributed by atoms with Gasteiger partial charge in [0, 0.05) is 27.0 Å². The zero-order valence-electron chi connectivity index (χ0n) is 17.3. The minimum Gasteiger partial charge on any atom is -0.322 e. The average molecular weight is 495 g/mol. The monoisotopic (exact) mass is 494 g/mol. The summed E-state index contributed by atoms with van der Waals surface area (Å²) >= 11 is 5.00. The molecule has 3 aromatic carbocycles. The second-order valence-electron chi connectivity index (χ2n) is 7.69. The van der Waals surface area contributed by atoms with Crippen LogP contribution in [0.4, 0.5) is 11.4 Å². The molecule has 31 heavy (non-hydrogen) atoms. The zero-order chi connectivity index (χ0) is 22.0. The summed E-state index contributed by atoms with van der Waals surface area (Å²) in [6, 6.07) is 23.1. The number of amides is 2. The molecular weight excluding hydrogens is 472 g/mol. The van der Waals surface area contributed by atoms with Crippen molar-refractivity contribution in [2.45, 2.75) is 25.1 Å². The number of rotatable bonds is 5. The second kappa shape index (κ2) is 9.28. The van der Waals surface area contributed by atoms with Gasteiger partial charge in [-0.25, -0.2) is 0 Å². The second-order valence-corrected chi connectivity index (χ2v) is 9.68. The number of nitrogens with zero attached hydrogens (tertiary/aromatic N) is 1. The van der Waals surface area contributed by atoms with E-state index < -0.39 is 0 Å². The molecule has 1 saturated heterocycles. The number of carbonyl (C=O) groups is 2. The molecule has 1 heterocycles. The summed E-state index contributed by atoms with van der Waals surface area (Å²) in [5, 5.41) is 2.84. The summed E-state index contributed by atoms with van der Waals surface area (Å²) in [6.07, 6.45) is 0. The van der Waals surface area contributed by atoms with E-state index in [9.17, 15) is 9.59 Å². The van der Waals surface area contributed by atoms with Crippen molar-refractivity contribution in [2.75, 3.05) is 16.0 Å². The number of thioether (sulfide) groups is 1. The van der Waals surface area contributed by atoms with E-state index in [1.54, 1.807) is 23.9 Å². The van der Waals surface area contributed by atoms with Crippen LogP contribution in [0.25, 0.3) is 0 Å². The van der Waals surface area contributed by atoms with E-state index in [0.29, 0.717) is 22.9 Å². The molecule has 0 bridgehead atoms. The highest BCUT2D eigenvalue weighted by molar-refractivity contribution is 9.10. The molecule has 6 heteroatoms. The van der Waals surface area contributed by atoms with Crippen molar-refractivity contribution in [3.05, 3.63) is 94.0 Å². The first-order valence-corrected chi connectivity index (χ1v) is 12.0. The zero-order valence-corrected chi connectivity index (χ0v) is 19.7. The maximum absolute atomic E-state index is 12.9. The van der Waals surface area contributed by atoms with E-state index in [2.05, 4.69) is 41.2 Å². The summed E-state index contributed by atoms with van der Waals surface area (Å²) in [6.45, 7) is 4.27. The van der Waals surface area contributed by atoms with Crippen LogP contribution in [0.2, 0.25) is 0 Å². The van der Waals surface area contributed by atoms with Crippen molar-refractivity contribution in [3.63, 3.8) is 0 Å². The van der Waals surface area contributed by atoms with Crippen LogP contribution in [0.5, 0.6) is 0 Å². The van der Waals surface area contributed by atoms with Gasteiger partial charge in [0.25, 0.3) is 5.91 Å². The molecule has 0 radical (unpaired) electrons. The number of hydrogen-bond donors (Lipinski definition) is 1. The third-order valence-electron chi connectivity index (χ3n) is 5.25. The van der Waals surface area contributed by atoms with Gasteiger partial charge in [-0.1, -0.05) is 72.2 Å². The van der Waals surface area contributed by atoms with E-state index >= 15 is 0 Å². The molecule has 158 valence electrons. The lowest BCUT2D eigenvalue weighted by atomic mass is 10.00. The number of halogens is 1. The highest BCUT2D eigenvalue weighted by Gasteiger charge is 2.36. The van der Waals surface area contributed by atoms with Gasteiger partial charge < -0.3 is 5.32 Å². The van der Waals surface area contributed by atoms with Gasteiger partial charge in [0.05, 0.1) is 5.75 Å². The highest BCUT2D eigenvalue weighted by atomic mass is 79.9. The Kier molecular flexibility index (Phi) is 6.49. The fraction of sp³-hybridized carbons (Fsp3) is 0.200. The van der Waals surface area contributed by atoms with Crippen LogP contribution in [0.3, 0.4) is 0 Å². The highest BCUT2D eigenvalue weighted by Crippen LogP contribution is 2.46. The number of anilines is 2. The van der Waals surface area contributed by atoms with Gasteiger partial charge >= 0.3 is 0 Å². The van der Waals surface area contributed by atoms with E-state index in [1.165, 1.54) is 0 Å². The minimum absolute atomic E-state index is 0.0798. The Hall–Kier alpha value is -2.57. The summed E-state index contributed by atoms with van der Waals surface area (Å²) < 4.78 is 0.849. The van der Waals surface area contributed by atoms with Crippen molar-refractivity contribution in [1.29, 1.82) is 0 Å². The van der Waals surface area contributed by atoms with E-state index in [-0.39, 0.29) is 17.2 Å². The molecule has 0 aliphatic carbocycles. The third-order valence-corrected chi connectivity index (χ3v) is 6.94. The van der Waals surface area contributed by atoms with Gasteiger partial charge in [-0.15, -0.1) is 11.8 Å². The lowest BCUT2D eigenvalue weighted by Gasteiger charge is -2.29. The minimum atomic E-state index is -0.202. The molecule has 1 N–H and O–H groups in total. The van der Waals surface area contributed by atoms with Crippen LogP contribution >= 0.6 is 27.7 Å². The molecule has 0 aromatic heterocycles. The standard InChI is InChI=1S/C25H23BrN2O2S/c1-16(2)19-10-4-6-13-22(19)28-23(29)15-31-25(28)20-11-3-5-12-21(20)27-24(30)17-8-7-9-18(26)14-17/h3-14,16,25H,15H2,1-2H3,(H,27,30)/t25-/m0/s1. The van der Waals surface area contributed by atoms with Crippen LogP contribution in [0, 0.1) is 0 Å². The van der Waals surface area contributed by atoms with Crippen LogP contribution < -0.4 is 10.2 Å². The van der Waals surface area contributed by atoms with E-state index in [4.69, 9.17) is 0 Å². The summed E-state index contributed by atoms with van der Waals surface area (Å²) in [4.78, 5) is 27.7. The Morgan fingerprint density at radius 1 is 1.06 bits per heavy atom. The first-order valence-electron chi connectivity index (χ1n) is 10.1. The van der Waals surface area contributed by atoms with Gasteiger partial charge in [0.15, 0.2) is 0 Å². The fourth-order valence-electron chi connectivity index (χ4n) is 3.76. The molecule has 4 nitrogen and oxygen atoms in total. The number of benzene rings is 3. The smallest absolute Gasteiger partial charge is 0.255 e. The molecule has 0 unspecified atom stereocenters. The van der Waals surface area contributed by atoms with Gasteiger partial charge in [0.2, 0.25) is 5.91 Å². The number of hydrogen-bond acceptors (Lipinski definition) is 3. The molecule has 1 aliphatic heterocycles. The summed E-state index contributed by atoms with van der Waals surface area (Å²) in [5.74, 6) is 0.598. The van der Waals surface area contributed by atoms with Crippen molar-refractivity contribution in [2.24, 2.45) is 0 Å². The number of nitrogens with one attached hydrogen (secondary N) is 1. The Morgan fingerprint density at radius 3 is 2.58 bits per heavy atom. The Labute approximate surface area is 195 Å². The van der Waals surface area contributed by atoms with Gasteiger partial charge in [-0.2, -0.15) is 0 Å². The molecule has 1 atom stereocenters. The van der Waals surface area contributed by atoms with Crippen molar-refractivity contribution >= 4 is 50.9 Å². The van der Waals surface area contributed by atoms with Crippen LogP contribution in [-0.2, 0) is 4.79 Å². The Balaban J connectivity index is 1.70. The predicted molar refractivity (Wildman–Crippen MR) is 132 cm³/mol. The molecule has 2 amide bonds. The Morgan fingerprint density at radius 2 is 1.81 bits per heavy atom. The molecule has 0 spiro atoms. The average Bonchev–Trinajstić information content (AvgIpc) is 3.15. The maximum Gasteiger partial charge on any atom is 0.255 e. The van der Waals surface area contributed by atoms with E-state index in [0.717, 1.165) is 21.3 Å². The van der Waals surface area contributed by atoms with Gasteiger partial charge in [-0.05, 0) is 41.8 Å². The first-order chi connectivity index (χ1) is 15.0. The topological polar surface area (TPSA) is 49.4 Å². The fourth-order valence-corrected chi connectivity index (χ4v) is 5.36. The molecule has 0 saturated carbocycles. The lowest BCUT2D eigenvalue weighted by Crippen LogP contribution is -2.29. The van der Waals surface area contributed by atoms with Crippen LogP contribution in [0.15, 0.2) is 77.3 Å². The normalized spacial score (nSPS) is 16.1. The third kappa shape index (κ3) is 4.55. The SMILES string of the molecule is CC(C)c1ccccc1N1C(=O)CS[C@H]1c1ccccc1NC(=O)c1cccc(Br)c1. The van der Waals surface area contributed by atoms with Crippen molar-refractivity contribution in [1.82, 2.24) is 0 Å². The van der Waals surface area contributed by atoms with Crippen LogP contribution in [-0.4, -0.2) is 17.6 Å². The number of para-hydroxylation sites is 2. The molecular formula is C25H23BrN2O2S. The lowest BCUT2D eigenvalue weighted by molar-refractivity contribution is -0.115. The van der Waals surface area contributed by atoms with Crippen molar-refractivity contribution < 1.29 is 9.59 Å².